The van der Waals surface area contributed by atoms with Gasteiger partial charge in [0.05, 0.1) is 22.1 Å². The van der Waals surface area contributed by atoms with Crippen LogP contribution < -0.4 is 0 Å². The van der Waals surface area contributed by atoms with Gasteiger partial charge in [-0.05, 0) is 28.7 Å². The van der Waals surface area contributed by atoms with Gasteiger partial charge in [0, 0.05) is 11.8 Å². The third-order valence-corrected chi connectivity index (χ3v) is 2.52. The number of aromatic nitrogens is 2. The normalized spacial score (nSPS) is 10.4. The number of para-hydroxylation sites is 1. The fourth-order valence-electron chi connectivity index (χ4n) is 1.30. The Morgan fingerprint density at radius 2 is 2.14 bits per heavy atom. The second-order valence-electron chi connectivity index (χ2n) is 2.89. The van der Waals surface area contributed by atoms with Gasteiger partial charge < -0.3 is 5.11 Å². The zero-order valence-electron chi connectivity index (χ0n) is 7.39. The zero-order chi connectivity index (χ0) is 9.97. The first-order valence-corrected chi connectivity index (χ1v) is 5.28. The summed E-state index contributed by atoms with van der Waals surface area (Å²) in [4.78, 5) is 0. The highest BCUT2D eigenvalue weighted by atomic mass is 127. The minimum atomic E-state index is 0.0343. The molecule has 0 aliphatic rings. The molecule has 0 spiro atoms. The average molecular weight is 300 g/mol. The van der Waals surface area contributed by atoms with Gasteiger partial charge >= 0.3 is 0 Å². The van der Waals surface area contributed by atoms with Crippen LogP contribution in [0.1, 0.15) is 5.56 Å². The van der Waals surface area contributed by atoms with E-state index in [0.29, 0.717) is 0 Å². The molecule has 0 saturated heterocycles. The molecule has 0 unspecified atom stereocenters. The molecule has 14 heavy (non-hydrogen) atoms. The molecular weight excluding hydrogens is 291 g/mol. The third-order valence-electron chi connectivity index (χ3n) is 1.96. The summed E-state index contributed by atoms with van der Waals surface area (Å²) in [5.41, 5.74) is 1.81. The Hall–Kier alpha value is -0.880. The van der Waals surface area contributed by atoms with Crippen LogP contribution in [0.2, 0.25) is 0 Å². The maximum Gasteiger partial charge on any atom is 0.0702 e. The van der Waals surface area contributed by atoms with Crippen LogP contribution in [0.25, 0.3) is 5.69 Å². The van der Waals surface area contributed by atoms with Gasteiger partial charge in [0.25, 0.3) is 0 Å². The van der Waals surface area contributed by atoms with Gasteiger partial charge in [-0.2, -0.15) is 5.10 Å². The number of aliphatic hydroxyl groups excluding tert-OH is 1. The van der Waals surface area contributed by atoms with Crippen LogP contribution >= 0.6 is 22.6 Å². The van der Waals surface area contributed by atoms with Gasteiger partial charge in [-0.3, -0.25) is 0 Å². The van der Waals surface area contributed by atoms with Crippen LogP contribution in [-0.2, 0) is 6.61 Å². The van der Waals surface area contributed by atoms with Crippen molar-refractivity contribution in [1.29, 1.82) is 0 Å². The molecule has 2 rings (SSSR count). The lowest BCUT2D eigenvalue weighted by Gasteiger charge is -2.05. The number of nitrogens with zero attached hydrogens (tertiary/aromatic N) is 2. The Bertz CT molecular complexity index is 439. The summed E-state index contributed by atoms with van der Waals surface area (Å²) in [7, 11) is 0. The van der Waals surface area contributed by atoms with Crippen molar-refractivity contribution in [3.05, 3.63) is 45.8 Å². The molecule has 0 bridgehead atoms. The molecule has 0 aliphatic heterocycles. The largest absolute Gasteiger partial charge is 0.392 e. The Morgan fingerprint density at radius 3 is 2.79 bits per heavy atom. The number of halogens is 1. The van der Waals surface area contributed by atoms with Crippen molar-refractivity contribution in [2.45, 2.75) is 6.61 Å². The second kappa shape index (κ2) is 4.10. The van der Waals surface area contributed by atoms with E-state index in [9.17, 15) is 0 Å². The summed E-state index contributed by atoms with van der Waals surface area (Å²) in [5, 5.41) is 13.3. The fraction of sp³-hybridized carbons (Fsp3) is 0.100. The molecule has 0 atom stereocenters. The van der Waals surface area contributed by atoms with E-state index in [0.717, 1.165) is 14.8 Å². The molecule has 0 radical (unpaired) electrons. The lowest BCUT2D eigenvalue weighted by molar-refractivity contribution is 0.281. The van der Waals surface area contributed by atoms with Crippen LogP contribution in [0.15, 0.2) is 36.7 Å². The smallest absolute Gasteiger partial charge is 0.0702 e. The molecule has 0 aliphatic carbocycles. The van der Waals surface area contributed by atoms with Crippen LogP contribution in [0, 0.1) is 3.57 Å². The minimum Gasteiger partial charge on any atom is -0.392 e. The van der Waals surface area contributed by atoms with Crippen molar-refractivity contribution >= 4 is 22.6 Å². The maximum atomic E-state index is 9.14. The van der Waals surface area contributed by atoms with E-state index in [4.69, 9.17) is 5.11 Å². The van der Waals surface area contributed by atoms with Gasteiger partial charge in [0.15, 0.2) is 0 Å². The lowest BCUT2D eigenvalue weighted by atomic mass is 10.2. The topological polar surface area (TPSA) is 38.0 Å². The predicted molar refractivity (Wildman–Crippen MR) is 62.2 cm³/mol. The van der Waals surface area contributed by atoms with Crippen LogP contribution in [0.3, 0.4) is 0 Å². The Balaban J connectivity index is 2.50. The van der Waals surface area contributed by atoms with Gasteiger partial charge in [0.2, 0.25) is 0 Å². The second-order valence-corrected chi connectivity index (χ2v) is 4.14. The molecule has 0 fully saturated rings. The van der Waals surface area contributed by atoms with Gasteiger partial charge in [-0.1, -0.05) is 18.2 Å². The molecular formula is C10H9IN2O. The molecule has 2 aromatic rings. The van der Waals surface area contributed by atoms with E-state index in [1.54, 1.807) is 10.9 Å². The third kappa shape index (κ3) is 1.80. The number of benzene rings is 1. The number of aliphatic hydroxyl groups is 1. The van der Waals surface area contributed by atoms with Crippen molar-refractivity contribution < 1.29 is 5.11 Å². The molecule has 1 aromatic carbocycles. The van der Waals surface area contributed by atoms with Crippen LogP contribution in [-0.4, -0.2) is 14.9 Å². The maximum absolute atomic E-state index is 9.14. The van der Waals surface area contributed by atoms with E-state index in [1.807, 2.05) is 30.5 Å². The van der Waals surface area contributed by atoms with E-state index in [2.05, 4.69) is 27.7 Å². The number of rotatable bonds is 2. The van der Waals surface area contributed by atoms with Crippen LogP contribution in [0.4, 0.5) is 0 Å². The minimum absolute atomic E-state index is 0.0343. The molecule has 1 aromatic heterocycles. The van der Waals surface area contributed by atoms with E-state index in [-0.39, 0.29) is 6.61 Å². The summed E-state index contributed by atoms with van der Waals surface area (Å²) in [6.45, 7) is 0.0343. The summed E-state index contributed by atoms with van der Waals surface area (Å²) in [6, 6.07) is 7.67. The quantitative estimate of drug-likeness (QED) is 0.861. The van der Waals surface area contributed by atoms with Gasteiger partial charge in [-0.25, -0.2) is 4.68 Å². The van der Waals surface area contributed by atoms with Crippen molar-refractivity contribution in [3.8, 4) is 5.69 Å². The average Bonchev–Trinajstić information content (AvgIpc) is 2.65. The van der Waals surface area contributed by atoms with E-state index < -0.39 is 0 Å². The highest BCUT2D eigenvalue weighted by molar-refractivity contribution is 14.1. The summed E-state index contributed by atoms with van der Waals surface area (Å²) in [5.74, 6) is 0. The monoisotopic (exact) mass is 300 g/mol. The van der Waals surface area contributed by atoms with Gasteiger partial charge in [-0.15, -0.1) is 0 Å². The van der Waals surface area contributed by atoms with Crippen molar-refractivity contribution in [1.82, 2.24) is 9.78 Å². The molecule has 0 saturated carbocycles. The number of hydrogen-bond donors (Lipinski definition) is 1. The Kier molecular flexibility index (Phi) is 2.83. The number of hydrogen-bond acceptors (Lipinski definition) is 2. The van der Waals surface area contributed by atoms with Gasteiger partial charge in [0.1, 0.15) is 0 Å². The van der Waals surface area contributed by atoms with E-state index >= 15 is 0 Å². The zero-order valence-corrected chi connectivity index (χ0v) is 9.55. The molecule has 3 nitrogen and oxygen atoms in total. The molecule has 1 N–H and O–H groups in total. The summed E-state index contributed by atoms with van der Waals surface area (Å²) < 4.78 is 2.85. The highest BCUT2D eigenvalue weighted by Gasteiger charge is 2.03. The SMILES string of the molecule is OCc1ccccc1-n1cc(I)cn1. The summed E-state index contributed by atoms with van der Waals surface area (Å²) in [6.07, 6.45) is 3.71. The first-order chi connectivity index (χ1) is 6.81. The molecule has 0 amide bonds. The highest BCUT2D eigenvalue weighted by Crippen LogP contribution is 2.14. The predicted octanol–water partition coefficient (Wildman–Crippen LogP) is 1.97. The Morgan fingerprint density at radius 1 is 1.36 bits per heavy atom. The standard InChI is InChI=1S/C10H9IN2O/c11-9-5-12-13(6-9)10-4-2-1-3-8(10)7-14/h1-6,14H,7H2. The Labute approximate surface area is 95.5 Å². The van der Waals surface area contributed by atoms with Crippen molar-refractivity contribution in [3.63, 3.8) is 0 Å². The molecule has 1 heterocycles. The molecule has 72 valence electrons. The fourth-order valence-corrected chi connectivity index (χ4v) is 1.69. The van der Waals surface area contributed by atoms with Crippen LogP contribution in [0.5, 0.6) is 0 Å². The summed E-state index contributed by atoms with van der Waals surface area (Å²) >= 11 is 2.21. The van der Waals surface area contributed by atoms with Crippen molar-refractivity contribution in [2.75, 3.05) is 0 Å². The lowest BCUT2D eigenvalue weighted by Crippen LogP contribution is -1.99. The first-order valence-electron chi connectivity index (χ1n) is 4.20. The van der Waals surface area contributed by atoms with Crippen molar-refractivity contribution in [2.24, 2.45) is 0 Å². The molecule has 4 heteroatoms. The van der Waals surface area contributed by atoms with E-state index in [1.165, 1.54) is 0 Å². The first kappa shape index (κ1) is 9.67.